The fourth-order valence-electron chi connectivity index (χ4n) is 1.76. The van der Waals surface area contributed by atoms with Crippen molar-refractivity contribution in [3.63, 3.8) is 0 Å². The first kappa shape index (κ1) is 10.7. The summed E-state index contributed by atoms with van der Waals surface area (Å²) in [6.45, 7) is 7.29. The Labute approximate surface area is 95.9 Å². The highest BCUT2D eigenvalue weighted by atomic mass is 15.1. The third kappa shape index (κ3) is 2.24. The van der Waals surface area contributed by atoms with Crippen molar-refractivity contribution in [2.45, 2.75) is 27.3 Å². The first-order chi connectivity index (χ1) is 7.66. The van der Waals surface area contributed by atoms with Gasteiger partial charge in [0.2, 0.25) is 0 Å². The lowest BCUT2D eigenvalue weighted by molar-refractivity contribution is 1.09. The van der Waals surface area contributed by atoms with E-state index in [0.717, 1.165) is 12.2 Å². The molecule has 1 aromatic heterocycles. The van der Waals surface area contributed by atoms with E-state index in [4.69, 9.17) is 0 Å². The Morgan fingerprint density at radius 1 is 1.12 bits per heavy atom. The molecule has 0 saturated heterocycles. The van der Waals surface area contributed by atoms with Gasteiger partial charge in [-0.05, 0) is 43.0 Å². The normalized spacial score (nSPS) is 10.4. The molecular formula is C13H17N3. The lowest BCUT2D eigenvalue weighted by Gasteiger charge is -2.10. The molecule has 3 nitrogen and oxygen atoms in total. The summed E-state index contributed by atoms with van der Waals surface area (Å²) in [5.74, 6) is 0. The second-order valence-corrected chi connectivity index (χ2v) is 4.20. The summed E-state index contributed by atoms with van der Waals surface area (Å²) in [6.07, 6.45) is 3.65. The molecule has 0 fully saturated rings. The monoisotopic (exact) mass is 215 g/mol. The fourth-order valence-corrected chi connectivity index (χ4v) is 1.76. The summed E-state index contributed by atoms with van der Waals surface area (Å²) in [5, 5.41) is 10.0. The van der Waals surface area contributed by atoms with Crippen LogP contribution in [0, 0.1) is 20.8 Å². The van der Waals surface area contributed by atoms with Crippen LogP contribution in [-0.2, 0) is 6.54 Å². The minimum atomic E-state index is 0.840. The number of aryl methyl sites for hydroxylation is 3. The maximum absolute atomic E-state index is 3.90. The quantitative estimate of drug-likeness (QED) is 0.826. The van der Waals surface area contributed by atoms with Gasteiger partial charge in [0.1, 0.15) is 0 Å². The van der Waals surface area contributed by atoms with Gasteiger partial charge in [0.15, 0.2) is 0 Å². The summed E-state index contributed by atoms with van der Waals surface area (Å²) in [4.78, 5) is 0. The molecular weight excluding hydrogens is 198 g/mol. The van der Waals surface area contributed by atoms with E-state index in [2.05, 4.69) is 48.4 Å². The van der Waals surface area contributed by atoms with E-state index in [-0.39, 0.29) is 0 Å². The van der Waals surface area contributed by atoms with Gasteiger partial charge in [-0.15, -0.1) is 0 Å². The van der Waals surface area contributed by atoms with E-state index in [1.54, 1.807) is 6.20 Å². The molecule has 0 saturated carbocycles. The largest absolute Gasteiger partial charge is 0.378 e. The molecule has 2 rings (SSSR count). The molecule has 2 aromatic rings. The van der Waals surface area contributed by atoms with Gasteiger partial charge in [0.05, 0.1) is 11.9 Å². The first-order valence-electron chi connectivity index (χ1n) is 5.46. The molecule has 0 spiro atoms. The number of aromatic nitrogens is 2. The van der Waals surface area contributed by atoms with Crippen LogP contribution in [-0.4, -0.2) is 10.2 Å². The molecule has 0 radical (unpaired) electrons. The molecule has 3 heteroatoms. The van der Waals surface area contributed by atoms with Crippen LogP contribution in [0.1, 0.15) is 22.3 Å². The lowest BCUT2D eigenvalue weighted by atomic mass is 10.0. The zero-order chi connectivity index (χ0) is 11.5. The fraction of sp³-hybridized carbons (Fsp3) is 0.308. The molecule has 0 aliphatic carbocycles. The van der Waals surface area contributed by atoms with Crippen molar-refractivity contribution in [2.75, 3.05) is 5.32 Å². The zero-order valence-electron chi connectivity index (χ0n) is 9.96. The predicted molar refractivity (Wildman–Crippen MR) is 66.6 cm³/mol. The smallest absolute Gasteiger partial charge is 0.0726 e. The minimum absolute atomic E-state index is 0.840. The van der Waals surface area contributed by atoms with E-state index in [1.807, 2.05) is 6.20 Å². The van der Waals surface area contributed by atoms with Gasteiger partial charge >= 0.3 is 0 Å². The van der Waals surface area contributed by atoms with Crippen LogP contribution >= 0.6 is 0 Å². The molecule has 0 unspecified atom stereocenters. The molecule has 0 bridgehead atoms. The second kappa shape index (κ2) is 4.39. The Kier molecular flexibility index (Phi) is 2.95. The van der Waals surface area contributed by atoms with Gasteiger partial charge in [0.25, 0.3) is 0 Å². The summed E-state index contributed by atoms with van der Waals surface area (Å²) >= 11 is 0. The number of benzene rings is 1. The zero-order valence-corrected chi connectivity index (χ0v) is 9.96. The third-order valence-corrected chi connectivity index (χ3v) is 2.93. The van der Waals surface area contributed by atoms with E-state index in [9.17, 15) is 0 Å². The van der Waals surface area contributed by atoms with Crippen LogP contribution in [0.4, 0.5) is 5.69 Å². The standard InChI is InChI=1S/C13H17N3/c1-9-4-11(3)12(5-10(9)2)6-14-13-7-15-16-8-13/h4-5,7-8,14H,6H2,1-3H3,(H,15,16). The number of nitrogens with zero attached hydrogens (tertiary/aromatic N) is 1. The van der Waals surface area contributed by atoms with Gasteiger partial charge in [0, 0.05) is 12.7 Å². The highest BCUT2D eigenvalue weighted by Crippen LogP contribution is 2.16. The molecule has 16 heavy (non-hydrogen) atoms. The van der Waals surface area contributed by atoms with Crippen molar-refractivity contribution in [1.29, 1.82) is 0 Å². The van der Waals surface area contributed by atoms with Crippen molar-refractivity contribution in [3.8, 4) is 0 Å². The van der Waals surface area contributed by atoms with Crippen LogP contribution in [0.3, 0.4) is 0 Å². The van der Waals surface area contributed by atoms with Gasteiger partial charge in [-0.25, -0.2) is 0 Å². The molecule has 84 valence electrons. The van der Waals surface area contributed by atoms with Crippen molar-refractivity contribution >= 4 is 5.69 Å². The number of anilines is 1. The summed E-state index contributed by atoms with van der Waals surface area (Å²) in [5.41, 5.74) is 6.39. The number of nitrogens with one attached hydrogen (secondary N) is 2. The minimum Gasteiger partial charge on any atom is -0.378 e. The van der Waals surface area contributed by atoms with Crippen LogP contribution in [0.25, 0.3) is 0 Å². The van der Waals surface area contributed by atoms with Crippen LogP contribution in [0.5, 0.6) is 0 Å². The number of aromatic amines is 1. The Morgan fingerprint density at radius 2 is 1.88 bits per heavy atom. The van der Waals surface area contributed by atoms with Gasteiger partial charge in [-0.2, -0.15) is 5.10 Å². The van der Waals surface area contributed by atoms with E-state index in [0.29, 0.717) is 0 Å². The molecule has 2 N–H and O–H groups in total. The number of hydrogen-bond acceptors (Lipinski definition) is 2. The molecule has 0 aliphatic rings. The topological polar surface area (TPSA) is 40.7 Å². The van der Waals surface area contributed by atoms with Crippen molar-refractivity contribution in [1.82, 2.24) is 10.2 Å². The number of rotatable bonds is 3. The number of H-pyrrole nitrogens is 1. The van der Waals surface area contributed by atoms with Crippen molar-refractivity contribution in [3.05, 3.63) is 46.8 Å². The predicted octanol–water partition coefficient (Wildman–Crippen LogP) is 2.95. The van der Waals surface area contributed by atoms with Crippen molar-refractivity contribution in [2.24, 2.45) is 0 Å². The maximum atomic E-state index is 3.90. The average molecular weight is 215 g/mol. The lowest BCUT2D eigenvalue weighted by Crippen LogP contribution is -2.01. The Balaban J connectivity index is 2.12. The Morgan fingerprint density at radius 3 is 2.56 bits per heavy atom. The van der Waals surface area contributed by atoms with Gasteiger partial charge in [-0.1, -0.05) is 12.1 Å². The molecule has 0 amide bonds. The average Bonchev–Trinajstić information content (AvgIpc) is 2.74. The van der Waals surface area contributed by atoms with Crippen LogP contribution < -0.4 is 5.32 Å². The van der Waals surface area contributed by atoms with Crippen LogP contribution in [0.15, 0.2) is 24.5 Å². The molecule has 1 aromatic carbocycles. The second-order valence-electron chi connectivity index (χ2n) is 4.20. The van der Waals surface area contributed by atoms with Crippen LogP contribution in [0.2, 0.25) is 0 Å². The highest BCUT2D eigenvalue weighted by molar-refractivity contribution is 5.42. The Bertz CT molecular complexity index is 472. The van der Waals surface area contributed by atoms with Gasteiger partial charge < -0.3 is 5.32 Å². The van der Waals surface area contributed by atoms with Gasteiger partial charge in [-0.3, -0.25) is 5.10 Å². The van der Waals surface area contributed by atoms with Crippen molar-refractivity contribution < 1.29 is 0 Å². The van der Waals surface area contributed by atoms with E-state index in [1.165, 1.54) is 22.3 Å². The molecule has 0 aliphatic heterocycles. The first-order valence-corrected chi connectivity index (χ1v) is 5.46. The third-order valence-electron chi connectivity index (χ3n) is 2.93. The Hall–Kier alpha value is -1.77. The molecule has 1 heterocycles. The summed E-state index contributed by atoms with van der Waals surface area (Å²) in [7, 11) is 0. The highest BCUT2D eigenvalue weighted by Gasteiger charge is 2.02. The van der Waals surface area contributed by atoms with E-state index < -0.39 is 0 Å². The molecule has 0 atom stereocenters. The van der Waals surface area contributed by atoms with E-state index >= 15 is 0 Å². The maximum Gasteiger partial charge on any atom is 0.0726 e. The SMILES string of the molecule is Cc1cc(C)c(CNc2cn[nH]c2)cc1C. The summed E-state index contributed by atoms with van der Waals surface area (Å²) in [6, 6.07) is 4.49. The summed E-state index contributed by atoms with van der Waals surface area (Å²) < 4.78 is 0. The number of hydrogen-bond donors (Lipinski definition) is 2.